The van der Waals surface area contributed by atoms with Gasteiger partial charge in [0.25, 0.3) is 0 Å². The van der Waals surface area contributed by atoms with Gasteiger partial charge in [0.05, 0.1) is 0 Å². The average molecular weight is 226 g/mol. The Labute approximate surface area is 102 Å². The lowest BCUT2D eigenvalue weighted by Crippen LogP contribution is -2.20. The molecule has 2 nitrogen and oxygen atoms in total. The fraction of sp³-hybridized carbons (Fsp3) is 0.333. The first-order valence-corrected chi connectivity index (χ1v) is 6.25. The van der Waals surface area contributed by atoms with E-state index in [9.17, 15) is 0 Å². The van der Waals surface area contributed by atoms with Crippen molar-refractivity contribution in [1.82, 2.24) is 10.3 Å². The van der Waals surface area contributed by atoms with Crippen molar-refractivity contribution in [2.24, 2.45) is 0 Å². The lowest BCUT2D eigenvalue weighted by Gasteiger charge is -2.14. The van der Waals surface area contributed by atoms with Crippen LogP contribution in [0.2, 0.25) is 0 Å². The van der Waals surface area contributed by atoms with E-state index in [-0.39, 0.29) is 0 Å². The lowest BCUT2D eigenvalue weighted by atomic mass is 9.97. The molecule has 0 amide bonds. The van der Waals surface area contributed by atoms with E-state index in [0.29, 0.717) is 0 Å². The summed E-state index contributed by atoms with van der Waals surface area (Å²) in [6, 6.07) is 6.67. The minimum absolute atomic E-state index is 0.993. The maximum atomic E-state index is 3.50. The fourth-order valence-electron chi connectivity index (χ4n) is 2.71. The number of H-pyrrole nitrogens is 1. The largest absolute Gasteiger partial charge is 0.358 e. The highest BCUT2D eigenvalue weighted by atomic mass is 14.9. The van der Waals surface area contributed by atoms with Crippen LogP contribution in [0.3, 0.4) is 0 Å². The molecule has 0 saturated heterocycles. The molecular weight excluding hydrogens is 208 g/mol. The summed E-state index contributed by atoms with van der Waals surface area (Å²) < 4.78 is 0. The van der Waals surface area contributed by atoms with Gasteiger partial charge >= 0.3 is 0 Å². The second-order valence-electron chi connectivity index (χ2n) is 4.86. The summed E-state index contributed by atoms with van der Waals surface area (Å²) in [6.45, 7) is 6.39. The van der Waals surface area contributed by atoms with E-state index in [4.69, 9.17) is 0 Å². The van der Waals surface area contributed by atoms with E-state index in [1.54, 1.807) is 0 Å². The van der Waals surface area contributed by atoms with Crippen LogP contribution in [0, 0.1) is 13.8 Å². The van der Waals surface area contributed by atoms with Crippen molar-refractivity contribution in [1.29, 1.82) is 0 Å². The maximum Gasteiger partial charge on any atom is 0.0465 e. The zero-order valence-electron chi connectivity index (χ0n) is 10.4. The molecule has 0 bridgehead atoms. The highest BCUT2D eigenvalue weighted by Crippen LogP contribution is 2.31. The molecule has 3 rings (SSSR count). The number of aromatic nitrogens is 1. The fourth-order valence-corrected chi connectivity index (χ4v) is 2.71. The van der Waals surface area contributed by atoms with Gasteiger partial charge in [-0.3, -0.25) is 0 Å². The molecule has 88 valence electrons. The molecule has 1 aliphatic heterocycles. The minimum Gasteiger partial charge on any atom is -0.358 e. The summed E-state index contributed by atoms with van der Waals surface area (Å²) in [7, 11) is 0. The summed E-state index contributed by atoms with van der Waals surface area (Å²) >= 11 is 0. The molecule has 2 aromatic rings. The zero-order chi connectivity index (χ0) is 11.8. The molecule has 0 fully saturated rings. The molecule has 0 unspecified atom stereocenters. The molecule has 0 spiro atoms. The maximum absolute atomic E-state index is 3.50. The van der Waals surface area contributed by atoms with Crippen LogP contribution in [0.15, 0.2) is 24.3 Å². The molecule has 2 heterocycles. The third-order valence-electron chi connectivity index (χ3n) is 3.53. The molecule has 17 heavy (non-hydrogen) atoms. The van der Waals surface area contributed by atoms with Gasteiger partial charge < -0.3 is 10.3 Å². The topological polar surface area (TPSA) is 27.8 Å². The highest BCUT2D eigenvalue weighted by molar-refractivity contribution is 5.94. The predicted octanol–water partition coefficient (Wildman–Crippen LogP) is 3.16. The summed E-state index contributed by atoms with van der Waals surface area (Å²) in [6.07, 6.45) is 3.45. The Morgan fingerprint density at radius 3 is 2.82 bits per heavy atom. The van der Waals surface area contributed by atoms with Gasteiger partial charge in [0.15, 0.2) is 0 Å². The number of aromatic amines is 1. The third kappa shape index (κ3) is 1.79. The van der Waals surface area contributed by atoms with Crippen molar-refractivity contribution < 1.29 is 0 Å². The number of aryl methyl sites for hydroxylation is 2. The van der Waals surface area contributed by atoms with E-state index >= 15 is 0 Å². The van der Waals surface area contributed by atoms with Crippen LogP contribution in [0.4, 0.5) is 0 Å². The Hall–Kier alpha value is -1.54. The SMILES string of the molecule is Cc1ccc2c(C3=CCNCC3)c(C)[nH]c2c1. The first kappa shape index (κ1) is 10.6. The molecule has 2 N–H and O–H groups in total. The van der Waals surface area contributed by atoms with Gasteiger partial charge in [-0.25, -0.2) is 0 Å². The van der Waals surface area contributed by atoms with Gasteiger partial charge in [0, 0.05) is 28.7 Å². The molecule has 0 atom stereocenters. The van der Waals surface area contributed by atoms with Crippen molar-refractivity contribution in [2.45, 2.75) is 20.3 Å². The van der Waals surface area contributed by atoms with Crippen molar-refractivity contribution in [3.63, 3.8) is 0 Å². The Kier molecular flexibility index (Phi) is 2.52. The number of nitrogens with one attached hydrogen (secondary N) is 2. The molecule has 1 aromatic heterocycles. The second-order valence-corrected chi connectivity index (χ2v) is 4.86. The molecule has 2 heteroatoms. The van der Waals surface area contributed by atoms with Gasteiger partial charge in [0.2, 0.25) is 0 Å². The van der Waals surface area contributed by atoms with Crippen molar-refractivity contribution in [3.05, 3.63) is 41.1 Å². The number of benzene rings is 1. The van der Waals surface area contributed by atoms with Crippen molar-refractivity contribution in [3.8, 4) is 0 Å². The predicted molar refractivity (Wildman–Crippen MR) is 73.2 cm³/mol. The first-order chi connectivity index (χ1) is 8.25. The third-order valence-corrected chi connectivity index (χ3v) is 3.53. The van der Waals surface area contributed by atoms with Gasteiger partial charge in [-0.05, 0) is 44.0 Å². The lowest BCUT2D eigenvalue weighted by molar-refractivity contribution is 0.738. The standard InChI is InChI=1S/C15H18N2/c1-10-3-4-13-14(9-10)17-11(2)15(13)12-5-7-16-8-6-12/h3-5,9,16-17H,6-8H2,1-2H3. The highest BCUT2D eigenvalue weighted by Gasteiger charge is 2.14. The van der Waals surface area contributed by atoms with E-state index in [1.807, 2.05) is 0 Å². The summed E-state index contributed by atoms with van der Waals surface area (Å²) in [5, 5.41) is 4.73. The van der Waals surface area contributed by atoms with Gasteiger partial charge in [-0.2, -0.15) is 0 Å². The number of fused-ring (bicyclic) bond motifs is 1. The van der Waals surface area contributed by atoms with Crippen LogP contribution in [0.1, 0.15) is 23.2 Å². The smallest absolute Gasteiger partial charge is 0.0465 e. The van der Waals surface area contributed by atoms with Crippen molar-refractivity contribution >= 4 is 16.5 Å². The van der Waals surface area contributed by atoms with Crippen LogP contribution >= 0.6 is 0 Å². The Bertz CT molecular complexity index is 590. The monoisotopic (exact) mass is 226 g/mol. The number of rotatable bonds is 1. The van der Waals surface area contributed by atoms with Crippen LogP contribution in [0.25, 0.3) is 16.5 Å². The molecule has 0 aliphatic carbocycles. The Morgan fingerprint density at radius 2 is 2.06 bits per heavy atom. The van der Waals surface area contributed by atoms with E-state index < -0.39 is 0 Å². The minimum atomic E-state index is 0.993. The first-order valence-electron chi connectivity index (χ1n) is 6.25. The quantitative estimate of drug-likeness (QED) is 0.768. The van der Waals surface area contributed by atoms with Crippen LogP contribution in [-0.4, -0.2) is 18.1 Å². The summed E-state index contributed by atoms with van der Waals surface area (Å²) in [5.41, 5.74) is 6.76. The average Bonchev–Trinajstić information content (AvgIpc) is 2.65. The second kappa shape index (κ2) is 4.04. The number of hydrogen-bond donors (Lipinski definition) is 2. The normalized spacial score (nSPS) is 16.2. The summed E-state index contributed by atoms with van der Waals surface area (Å²) in [5.74, 6) is 0. The van der Waals surface area contributed by atoms with Gasteiger partial charge in [-0.1, -0.05) is 18.2 Å². The van der Waals surface area contributed by atoms with Crippen molar-refractivity contribution in [2.75, 3.05) is 13.1 Å². The Balaban J connectivity index is 2.21. The van der Waals surface area contributed by atoms with Crippen LogP contribution in [0.5, 0.6) is 0 Å². The molecule has 1 aliphatic rings. The van der Waals surface area contributed by atoms with Gasteiger partial charge in [0.1, 0.15) is 0 Å². The van der Waals surface area contributed by atoms with Crippen LogP contribution < -0.4 is 5.32 Å². The van der Waals surface area contributed by atoms with Crippen LogP contribution in [-0.2, 0) is 0 Å². The van der Waals surface area contributed by atoms with E-state index in [0.717, 1.165) is 19.5 Å². The summed E-state index contributed by atoms with van der Waals surface area (Å²) in [4.78, 5) is 3.50. The molecular formula is C15H18N2. The van der Waals surface area contributed by atoms with E-state index in [2.05, 4.69) is 48.4 Å². The van der Waals surface area contributed by atoms with Gasteiger partial charge in [-0.15, -0.1) is 0 Å². The van der Waals surface area contributed by atoms with E-state index in [1.165, 1.54) is 33.3 Å². The molecule has 1 aromatic carbocycles. The molecule has 0 saturated carbocycles. The zero-order valence-corrected chi connectivity index (χ0v) is 10.4. The Morgan fingerprint density at radius 1 is 1.18 bits per heavy atom. The number of hydrogen-bond acceptors (Lipinski definition) is 1. The molecule has 0 radical (unpaired) electrons.